The van der Waals surface area contributed by atoms with E-state index < -0.39 is 9.84 Å². The van der Waals surface area contributed by atoms with Crippen LogP contribution < -0.4 is 0 Å². The van der Waals surface area contributed by atoms with E-state index in [2.05, 4.69) is 4.98 Å². The van der Waals surface area contributed by atoms with Crippen molar-refractivity contribution in [2.45, 2.75) is 11.8 Å². The highest BCUT2D eigenvalue weighted by Crippen LogP contribution is 2.20. The van der Waals surface area contributed by atoms with E-state index in [9.17, 15) is 8.42 Å². The molecule has 19 heavy (non-hydrogen) atoms. The zero-order valence-corrected chi connectivity index (χ0v) is 11.8. The Bertz CT molecular complexity index is 692. The monoisotopic (exact) mass is 293 g/mol. The van der Waals surface area contributed by atoms with Crippen molar-refractivity contribution < 1.29 is 8.42 Å². The van der Waals surface area contributed by atoms with Gasteiger partial charge in [-0.2, -0.15) is 0 Å². The summed E-state index contributed by atoms with van der Waals surface area (Å²) in [6, 6.07) is 11.4. The molecule has 0 aliphatic heterocycles. The van der Waals surface area contributed by atoms with E-state index >= 15 is 0 Å². The lowest BCUT2D eigenvalue weighted by Gasteiger charge is -2.02. The number of sulfone groups is 1. The minimum absolute atomic E-state index is 0.215. The van der Waals surface area contributed by atoms with Gasteiger partial charge in [0.15, 0.2) is 9.84 Å². The molecule has 0 atom stereocenters. The first-order valence-corrected chi connectivity index (χ1v) is 7.52. The van der Waals surface area contributed by atoms with Crippen LogP contribution in [0.1, 0.15) is 12.6 Å². The van der Waals surface area contributed by atoms with E-state index in [-0.39, 0.29) is 4.90 Å². The molecule has 1 heterocycles. The molecule has 5 heteroatoms. The average Bonchev–Trinajstić information content (AvgIpc) is 2.40. The summed E-state index contributed by atoms with van der Waals surface area (Å²) in [6.45, 7) is 1.72. The SMILES string of the molecule is C/C(=C/S(=O)(=O)c1ccc(Cl)cc1)c1ccccn1. The number of hydrogen-bond acceptors (Lipinski definition) is 3. The van der Waals surface area contributed by atoms with Gasteiger partial charge in [-0.25, -0.2) is 8.42 Å². The third-order valence-corrected chi connectivity index (χ3v) is 4.39. The van der Waals surface area contributed by atoms with Crippen molar-refractivity contribution in [3.8, 4) is 0 Å². The molecule has 2 rings (SSSR count). The summed E-state index contributed by atoms with van der Waals surface area (Å²) in [5.74, 6) is 0. The lowest BCUT2D eigenvalue weighted by atomic mass is 10.2. The van der Waals surface area contributed by atoms with E-state index in [4.69, 9.17) is 11.6 Å². The summed E-state index contributed by atoms with van der Waals surface area (Å²) in [5, 5.41) is 1.72. The summed E-state index contributed by atoms with van der Waals surface area (Å²) in [4.78, 5) is 4.33. The van der Waals surface area contributed by atoms with Gasteiger partial charge in [0.1, 0.15) is 0 Å². The Labute approximate surface area is 117 Å². The highest BCUT2D eigenvalue weighted by molar-refractivity contribution is 7.94. The average molecular weight is 294 g/mol. The number of pyridine rings is 1. The molecule has 3 nitrogen and oxygen atoms in total. The fourth-order valence-electron chi connectivity index (χ4n) is 1.58. The largest absolute Gasteiger partial charge is 0.257 e. The molecule has 0 spiro atoms. The van der Waals surface area contributed by atoms with Crippen molar-refractivity contribution in [1.29, 1.82) is 0 Å². The quantitative estimate of drug-likeness (QED) is 0.869. The number of allylic oxidation sites excluding steroid dienone is 1. The van der Waals surface area contributed by atoms with Crippen molar-refractivity contribution in [3.63, 3.8) is 0 Å². The fraction of sp³-hybridized carbons (Fsp3) is 0.0714. The van der Waals surface area contributed by atoms with Gasteiger partial charge in [-0.05, 0) is 48.9 Å². The first-order chi connectivity index (χ1) is 8.99. The van der Waals surface area contributed by atoms with Crippen LogP contribution in [0.2, 0.25) is 5.02 Å². The van der Waals surface area contributed by atoms with Crippen LogP contribution in [-0.2, 0) is 9.84 Å². The second-order valence-electron chi connectivity index (χ2n) is 4.01. The molecule has 0 saturated carbocycles. The molecule has 0 bridgehead atoms. The van der Waals surface area contributed by atoms with Crippen LogP contribution >= 0.6 is 11.6 Å². The second-order valence-corrected chi connectivity index (χ2v) is 6.25. The topological polar surface area (TPSA) is 47.0 Å². The van der Waals surface area contributed by atoms with Gasteiger partial charge < -0.3 is 0 Å². The Morgan fingerprint density at radius 2 is 1.84 bits per heavy atom. The lowest BCUT2D eigenvalue weighted by molar-refractivity contribution is 0.604. The molecule has 0 aliphatic carbocycles. The Balaban J connectivity index is 2.39. The van der Waals surface area contributed by atoms with E-state index in [0.29, 0.717) is 16.3 Å². The van der Waals surface area contributed by atoms with E-state index in [1.165, 1.54) is 17.5 Å². The van der Waals surface area contributed by atoms with Crippen LogP contribution in [0.25, 0.3) is 5.57 Å². The van der Waals surface area contributed by atoms with E-state index in [1.54, 1.807) is 37.4 Å². The summed E-state index contributed by atoms with van der Waals surface area (Å²) >= 11 is 5.74. The molecule has 1 aromatic carbocycles. The van der Waals surface area contributed by atoms with Gasteiger partial charge in [0.25, 0.3) is 0 Å². The van der Waals surface area contributed by atoms with Gasteiger partial charge >= 0.3 is 0 Å². The zero-order valence-electron chi connectivity index (χ0n) is 10.2. The first kappa shape index (κ1) is 13.8. The van der Waals surface area contributed by atoms with Crippen LogP contribution in [-0.4, -0.2) is 13.4 Å². The number of halogens is 1. The van der Waals surface area contributed by atoms with Crippen molar-refractivity contribution in [2.24, 2.45) is 0 Å². The van der Waals surface area contributed by atoms with Crippen molar-refractivity contribution in [1.82, 2.24) is 4.98 Å². The predicted octanol–water partition coefficient (Wildman–Crippen LogP) is 3.57. The molecular formula is C14H12ClNO2S. The molecular weight excluding hydrogens is 282 g/mol. The number of nitrogens with zero attached hydrogens (tertiary/aromatic N) is 1. The fourth-order valence-corrected chi connectivity index (χ4v) is 2.95. The van der Waals surface area contributed by atoms with Crippen LogP contribution in [0.4, 0.5) is 0 Å². The van der Waals surface area contributed by atoms with Gasteiger partial charge in [-0.1, -0.05) is 17.7 Å². The third kappa shape index (κ3) is 3.43. The summed E-state index contributed by atoms with van der Waals surface area (Å²) in [7, 11) is -3.49. The van der Waals surface area contributed by atoms with Crippen LogP contribution in [0.5, 0.6) is 0 Å². The molecule has 98 valence electrons. The maximum Gasteiger partial charge on any atom is 0.200 e. The summed E-state index contributed by atoms with van der Waals surface area (Å²) in [6.07, 6.45) is 1.63. The normalized spacial score (nSPS) is 12.4. The number of rotatable bonds is 3. The first-order valence-electron chi connectivity index (χ1n) is 5.59. The van der Waals surface area contributed by atoms with E-state index in [1.807, 2.05) is 6.07 Å². The highest BCUT2D eigenvalue weighted by Gasteiger charge is 2.12. The maximum atomic E-state index is 12.2. The van der Waals surface area contributed by atoms with Gasteiger partial charge in [-0.3, -0.25) is 4.98 Å². The minimum atomic E-state index is -3.49. The van der Waals surface area contributed by atoms with Crippen LogP contribution in [0.3, 0.4) is 0 Å². The Kier molecular flexibility index (Phi) is 4.02. The van der Waals surface area contributed by atoms with Crippen molar-refractivity contribution in [3.05, 3.63) is 64.8 Å². The molecule has 0 radical (unpaired) electrons. The van der Waals surface area contributed by atoms with Crippen LogP contribution in [0, 0.1) is 0 Å². The molecule has 1 aromatic heterocycles. The summed E-state index contributed by atoms with van der Waals surface area (Å²) in [5.41, 5.74) is 1.23. The third-order valence-electron chi connectivity index (χ3n) is 2.54. The molecule has 0 aliphatic rings. The Morgan fingerprint density at radius 1 is 1.16 bits per heavy atom. The number of hydrogen-bond donors (Lipinski definition) is 0. The molecule has 2 aromatic rings. The standard InChI is InChI=1S/C14H12ClNO2S/c1-11(14-4-2-3-9-16-14)10-19(17,18)13-7-5-12(15)6-8-13/h2-10H,1H3/b11-10-. The van der Waals surface area contributed by atoms with Crippen LogP contribution in [0.15, 0.2) is 59.0 Å². The van der Waals surface area contributed by atoms with Gasteiger partial charge in [0.2, 0.25) is 0 Å². The molecule has 0 fully saturated rings. The maximum absolute atomic E-state index is 12.2. The smallest absolute Gasteiger partial charge is 0.200 e. The summed E-state index contributed by atoms with van der Waals surface area (Å²) < 4.78 is 24.4. The Hall–Kier alpha value is -1.65. The van der Waals surface area contributed by atoms with Gasteiger partial charge in [0.05, 0.1) is 10.6 Å². The highest BCUT2D eigenvalue weighted by atomic mass is 35.5. The van der Waals surface area contributed by atoms with Crippen molar-refractivity contribution in [2.75, 3.05) is 0 Å². The number of benzene rings is 1. The lowest BCUT2D eigenvalue weighted by Crippen LogP contribution is -1.97. The van der Waals surface area contributed by atoms with E-state index in [0.717, 1.165) is 0 Å². The molecule has 0 saturated heterocycles. The second kappa shape index (κ2) is 5.55. The Morgan fingerprint density at radius 3 is 2.42 bits per heavy atom. The zero-order chi connectivity index (χ0) is 13.9. The number of aromatic nitrogens is 1. The molecule has 0 unspecified atom stereocenters. The molecule has 0 amide bonds. The van der Waals surface area contributed by atoms with Gasteiger partial charge in [-0.15, -0.1) is 0 Å². The predicted molar refractivity (Wildman–Crippen MR) is 76.5 cm³/mol. The minimum Gasteiger partial charge on any atom is -0.257 e. The van der Waals surface area contributed by atoms with Crippen molar-refractivity contribution >= 4 is 27.0 Å². The molecule has 0 N–H and O–H groups in total. The van der Waals surface area contributed by atoms with Gasteiger partial charge in [0, 0.05) is 16.6 Å².